The van der Waals surface area contributed by atoms with Gasteiger partial charge in [-0.3, -0.25) is 0 Å². The maximum Gasteiger partial charge on any atom is 0.185 e. The van der Waals surface area contributed by atoms with Crippen LogP contribution in [-0.2, 0) is 0 Å². The smallest absolute Gasteiger partial charge is 0.185 e. The molecule has 4 nitrogen and oxygen atoms in total. The second-order valence-electron chi connectivity index (χ2n) is 7.23. The van der Waals surface area contributed by atoms with Gasteiger partial charge < -0.3 is 20.5 Å². The number of benzene rings is 1. The molecule has 3 N–H and O–H groups in total. The molecule has 1 fully saturated rings. The number of rotatable bonds is 1. The topological polar surface area (TPSA) is 53.5 Å². The molecule has 1 saturated heterocycles. The van der Waals surface area contributed by atoms with Crippen molar-refractivity contribution >= 4 is 28.7 Å². The number of ether oxygens (including phenoxy) is 1. The summed E-state index contributed by atoms with van der Waals surface area (Å²) in [6, 6.07) is 9.64. The van der Waals surface area contributed by atoms with Gasteiger partial charge in [-0.1, -0.05) is 12.1 Å². The summed E-state index contributed by atoms with van der Waals surface area (Å²) in [5.74, 6) is 1.16. The molecule has 0 saturated carbocycles. The average molecular weight is 361 g/mol. The lowest BCUT2D eigenvalue weighted by atomic mass is 9.79. The molecule has 6 heteroatoms. The van der Waals surface area contributed by atoms with Crippen molar-refractivity contribution in [2.75, 3.05) is 0 Å². The predicted molar refractivity (Wildman–Crippen MR) is 99.8 cm³/mol. The van der Waals surface area contributed by atoms with E-state index < -0.39 is 5.72 Å². The highest BCUT2D eigenvalue weighted by atomic mass is 32.1. The Hall–Kier alpha value is -1.79. The zero-order valence-corrected chi connectivity index (χ0v) is 15.3. The maximum atomic E-state index is 9.91. The van der Waals surface area contributed by atoms with Crippen molar-refractivity contribution in [3.8, 4) is 11.5 Å². The Morgan fingerprint density at radius 2 is 2.12 bits per heavy atom. The van der Waals surface area contributed by atoms with Gasteiger partial charge in [-0.05, 0) is 43.6 Å². The number of nitrogens with one attached hydrogen (secondary N) is 2. The zero-order chi connectivity index (χ0) is 16.9. The molecule has 4 rings (SSSR count). The van der Waals surface area contributed by atoms with Gasteiger partial charge in [-0.25, -0.2) is 0 Å². The third kappa shape index (κ3) is 2.74. The van der Waals surface area contributed by atoms with E-state index in [4.69, 9.17) is 17.0 Å². The molecular formula is C18H20N2O2S2. The minimum Gasteiger partial charge on any atom is -0.508 e. The summed E-state index contributed by atoms with van der Waals surface area (Å²) in [6.07, 6.45) is 1.58. The summed E-state index contributed by atoms with van der Waals surface area (Å²) in [4.78, 5) is 1.30. The summed E-state index contributed by atoms with van der Waals surface area (Å²) >= 11 is 7.17. The van der Waals surface area contributed by atoms with Crippen LogP contribution in [0.4, 0.5) is 0 Å². The van der Waals surface area contributed by atoms with E-state index >= 15 is 0 Å². The molecule has 1 aromatic heterocycles. The van der Waals surface area contributed by atoms with Gasteiger partial charge in [0.25, 0.3) is 0 Å². The van der Waals surface area contributed by atoms with Crippen molar-refractivity contribution in [3.63, 3.8) is 0 Å². The van der Waals surface area contributed by atoms with Gasteiger partial charge in [0.1, 0.15) is 11.5 Å². The Labute approximate surface area is 150 Å². The summed E-state index contributed by atoms with van der Waals surface area (Å²) in [7, 11) is 0. The molecule has 126 valence electrons. The first kappa shape index (κ1) is 15.7. The Morgan fingerprint density at radius 3 is 2.83 bits per heavy atom. The number of thiocarbonyl (C=S) groups is 1. The Morgan fingerprint density at radius 1 is 1.29 bits per heavy atom. The van der Waals surface area contributed by atoms with E-state index in [-0.39, 0.29) is 17.2 Å². The largest absolute Gasteiger partial charge is 0.508 e. The molecule has 1 spiro atoms. The molecule has 3 heterocycles. The second kappa shape index (κ2) is 5.36. The molecular weight excluding hydrogens is 340 g/mol. The first-order valence-corrected chi connectivity index (χ1v) is 9.30. The normalized spacial score (nSPS) is 27.8. The highest BCUT2D eigenvalue weighted by molar-refractivity contribution is 7.80. The van der Waals surface area contributed by atoms with E-state index in [9.17, 15) is 5.11 Å². The standard InChI is InChI=1S/C18H20N2O2S2/c1-17(2)10-18(20-16(23)19-17)9-13(15-4-3-7-24-15)12-6-5-11(21)8-14(12)22-18/h3-8,13,21H,9-10H2,1-2H3,(H2,19,20,23)/t13-,18-/m1/s1. The van der Waals surface area contributed by atoms with E-state index in [1.807, 2.05) is 6.07 Å². The number of fused-ring (bicyclic) bond motifs is 1. The van der Waals surface area contributed by atoms with Crippen LogP contribution in [0.3, 0.4) is 0 Å². The SMILES string of the molecule is CC1(C)C[C@]2(C[C@@H](c3cccs3)c3ccc(O)cc3O2)NC(=S)N1. The van der Waals surface area contributed by atoms with Crippen molar-refractivity contribution in [1.29, 1.82) is 0 Å². The van der Waals surface area contributed by atoms with Crippen LogP contribution < -0.4 is 15.4 Å². The maximum absolute atomic E-state index is 9.91. The molecule has 0 bridgehead atoms. The van der Waals surface area contributed by atoms with Crippen molar-refractivity contribution in [1.82, 2.24) is 10.6 Å². The molecule has 2 aliphatic rings. The fourth-order valence-electron chi connectivity index (χ4n) is 3.87. The molecule has 2 aliphatic heterocycles. The molecule has 2 atom stereocenters. The number of phenolic OH excluding ortho intramolecular Hbond substituents is 1. The van der Waals surface area contributed by atoms with Gasteiger partial charge in [0, 0.05) is 40.8 Å². The number of thiophene rings is 1. The Kier molecular flexibility index (Phi) is 3.51. The van der Waals surface area contributed by atoms with Crippen LogP contribution >= 0.6 is 23.6 Å². The van der Waals surface area contributed by atoms with Gasteiger partial charge in [-0.2, -0.15) is 0 Å². The Balaban J connectivity index is 1.81. The number of aromatic hydroxyl groups is 1. The predicted octanol–water partition coefficient (Wildman–Crippen LogP) is 3.71. The third-order valence-corrected chi connectivity index (χ3v) is 5.81. The van der Waals surface area contributed by atoms with Crippen LogP contribution in [0, 0.1) is 0 Å². The van der Waals surface area contributed by atoms with E-state index in [1.54, 1.807) is 23.5 Å². The van der Waals surface area contributed by atoms with E-state index in [2.05, 4.69) is 42.0 Å². The lowest BCUT2D eigenvalue weighted by Crippen LogP contribution is -2.69. The van der Waals surface area contributed by atoms with Gasteiger partial charge >= 0.3 is 0 Å². The third-order valence-electron chi connectivity index (χ3n) is 4.62. The molecule has 1 aromatic carbocycles. The second-order valence-corrected chi connectivity index (χ2v) is 8.62. The van der Waals surface area contributed by atoms with E-state index in [0.717, 1.165) is 24.2 Å². The lowest BCUT2D eigenvalue weighted by Gasteiger charge is -2.50. The lowest BCUT2D eigenvalue weighted by molar-refractivity contribution is -0.0125. The minimum absolute atomic E-state index is 0.156. The molecule has 2 aromatic rings. The monoisotopic (exact) mass is 360 g/mol. The van der Waals surface area contributed by atoms with Gasteiger partial charge in [0.15, 0.2) is 10.8 Å². The molecule has 24 heavy (non-hydrogen) atoms. The van der Waals surface area contributed by atoms with Crippen molar-refractivity contribution in [2.45, 2.75) is 43.9 Å². The molecule has 0 unspecified atom stereocenters. The van der Waals surface area contributed by atoms with E-state index in [1.165, 1.54) is 4.88 Å². The van der Waals surface area contributed by atoms with Crippen LogP contribution in [0.1, 0.15) is 43.0 Å². The van der Waals surface area contributed by atoms with Crippen molar-refractivity contribution < 1.29 is 9.84 Å². The van der Waals surface area contributed by atoms with E-state index in [0.29, 0.717) is 5.11 Å². The summed E-state index contributed by atoms with van der Waals surface area (Å²) < 4.78 is 6.38. The van der Waals surface area contributed by atoms with Gasteiger partial charge in [0.2, 0.25) is 0 Å². The van der Waals surface area contributed by atoms with Crippen LogP contribution in [0.15, 0.2) is 35.7 Å². The van der Waals surface area contributed by atoms with Crippen molar-refractivity contribution in [2.24, 2.45) is 0 Å². The fraction of sp³-hybridized carbons (Fsp3) is 0.389. The number of hydrogen-bond acceptors (Lipinski definition) is 4. The first-order chi connectivity index (χ1) is 11.4. The van der Waals surface area contributed by atoms with Crippen LogP contribution in [0.2, 0.25) is 0 Å². The number of phenols is 1. The molecule has 0 amide bonds. The first-order valence-electron chi connectivity index (χ1n) is 8.02. The summed E-state index contributed by atoms with van der Waals surface area (Å²) in [5.41, 5.74) is 0.391. The van der Waals surface area contributed by atoms with Crippen LogP contribution in [0.5, 0.6) is 11.5 Å². The number of hydrogen-bond donors (Lipinski definition) is 3. The zero-order valence-electron chi connectivity index (χ0n) is 13.6. The summed E-state index contributed by atoms with van der Waals surface area (Å²) in [6.45, 7) is 4.26. The quantitative estimate of drug-likeness (QED) is 0.677. The van der Waals surface area contributed by atoms with Crippen molar-refractivity contribution in [3.05, 3.63) is 46.2 Å². The molecule has 0 radical (unpaired) electrons. The average Bonchev–Trinajstić information content (AvgIpc) is 2.97. The van der Waals surface area contributed by atoms with Crippen LogP contribution in [0.25, 0.3) is 0 Å². The van der Waals surface area contributed by atoms with Crippen LogP contribution in [-0.4, -0.2) is 21.5 Å². The van der Waals surface area contributed by atoms with Gasteiger partial charge in [-0.15, -0.1) is 11.3 Å². The highest BCUT2D eigenvalue weighted by Crippen LogP contribution is 2.48. The van der Waals surface area contributed by atoms with Gasteiger partial charge in [0.05, 0.1) is 0 Å². The fourth-order valence-corrected chi connectivity index (χ4v) is 5.18. The summed E-state index contributed by atoms with van der Waals surface area (Å²) in [5, 5.41) is 19.3. The minimum atomic E-state index is -0.568. The molecule has 0 aliphatic carbocycles. The highest BCUT2D eigenvalue weighted by Gasteiger charge is 2.48. The Bertz CT molecular complexity index is 788.